The van der Waals surface area contributed by atoms with Crippen LogP contribution in [0.2, 0.25) is 5.02 Å². The Hall–Kier alpha value is -3.77. The first-order valence-corrected chi connectivity index (χ1v) is 10.6. The maximum atomic E-state index is 15.6. The Morgan fingerprint density at radius 3 is 2.48 bits per heavy atom. The number of benzene rings is 3. The molecule has 4 rings (SSSR count). The van der Waals surface area contributed by atoms with Gasteiger partial charge in [0.15, 0.2) is 0 Å². The van der Waals surface area contributed by atoms with Gasteiger partial charge in [-0.25, -0.2) is 13.6 Å². The molecule has 1 heterocycles. The second kappa shape index (κ2) is 9.38. The maximum absolute atomic E-state index is 15.6. The Bertz CT molecular complexity index is 1410. The van der Waals surface area contributed by atoms with Crippen molar-refractivity contribution in [2.24, 2.45) is 0 Å². The largest absolute Gasteiger partial charge is 0.478 e. The second-order valence-corrected chi connectivity index (χ2v) is 7.79. The van der Waals surface area contributed by atoms with Crippen LogP contribution in [0.5, 0.6) is 0 Å². The number of halogens is 3. The van der Waals surface area contributed by atoms with Crippen molar-refractivity contribution in [1.82, 2.24) is 10.2 Å². The fourth-order valence-corrected chi connectivity index (χ4v) is 4.11. The molecule has 0 spiro atoms. The van der Waals surface area contributed by atoms with Gasteiger partial charge in [0.2, 0.25) is 0 Å². The van der Waals surface area contributed by atoms with Crippen molar-refractivity contribution in [2.75, 3.05) is 0 Å². The van der Waals surface area contributed by atoms with E-state index in [2.05, 4.69) is 10.2 Å². The monoisotopic (exact) mass is 464 g/mol. The molecule has 0 aliphatic rings. The Kier molecular flexibility index (Phi) is 6.38. The van der Waals surface area contributed by atoms with Crippen LogP contribution in [-0.4, -0.2) is 21.3 Å². The molecule has 166 valence electrons. The van der Waals surface area contributed by atoms with Crippen LogP contribution in [-0.2, 0) is 4.79 Å². The van der Waals surface area contributed by atoms with Crippen molar-refractivity contribution in [1.29, 1.82) is 0 Å². The first-order chi connectivity index (χ1) is 15.9. The first-order valence-electron chi connectivity index (χ1n) is 10.2. The summed E-state index contributed by atoms with van der Waals surface area (Å²) in [6.07, 6.45) is 4.46. The van der Waals surface area contributed by atoms with E-state index in [1.54, 1.807) is 42.5 Å². The lowest BCUT2D eigenvalue weighted by Gasteiger charge is -2.18. The molecule has 0 bridgehead atoms. The number of nitrogens with zero attached hydrogens (tertiary/aromatic N) is 1. The first kappa shape index (κ1) is 22.4. The summed E-state index contributed by atoms with van der Waals surface area (Å²) in [5.41, 5.74) is 4.29. The molecular weight excluding hydrogens is 446 g/mol. The van der Waals surface area contributed by atoms with Crippen LogP contribution in [0.3, 0.4) is 0 Å². The van der Waals surface area contributed by atoms with Gasteiger partial charge in [-0.1, -0.05) is 48.9 Å². The predicted molar refractivity (Wildman–Crippen MR) is 127 cm³/mol. The summed E-state index contributed by atoms with van der Waals surface area (Å²) in [5.74, 6) is -1.94. The fraction of sp³-hybridized carbons (Fsp3) is 0.0769. The molecule has 3 aromatic carbocycles. The highest BCUT2D eigenvalue weighted by Crippen LogP contribution is 2.39. The van der Waals surface area contributed by atoms with Crippen LogP contribution in [0.15, 0.2) is 66.9 Å². The average molecular weight is 465 g/mol. The number of allylic oxidation sites excluding steroid dienone is 1. The van der Waals surface area contributed by atoms with Gasteiger partial charge >= 0.3 is 5.97 Å². The minimum atomic E-state index is -1.05. The number of fused-ring (bicyclic) bond motifs is 1. The van der Waals surface area contributed by atoms with Crippen molar-refractivity contribution in [3.05, 3.63) is 106 Å². The molecule has 1 aromatic heterocycles. The number of nitrogens with one attached hydrogen (secondary N) is 1. The number of hydrogen-bond donors (Lipinski definition) is 2. The molecule has 0 aliphatic heterocycles. The molecule has 0 amide bonds. The summed E-state index contributed by atoms with van der Waals surface area (Å²) in [4.78, 5) is 10.8. The highest BCUT2D eigenvalue weighted by atomic mass is 35.5. The Labute approximate surface area is 193 Å². The average Bonchev–Trinajstić information content (AvgIpc) is 3.28. The molecule has 2 N–H and O–H groups in total. The number of rotatable bonds is 6. The number of H-pyrrole nitrogens is 1. The lowest BCUT2D eigenvalue weighted by atomic mass is 9.87. The molecule has 7 heteroatoms. The number of carboxylic acids is 1. The topological polar surface area (TPSA) is 66.0 Å². The van der Waals surface area contributed by atoms with E-state index in [9.17, 15) is 9.18 Å². The highest BCUT2D eigenvalue weighted by molar-refractivity contribution is 6.32. The minimum Gasteiger partial charge on any atom is -0.478 e. The van der Waals surface area contributed by atoms with Gasteiger partial charge < -0.3 is 5.11 Å². The molecule has 33 heavy (non-hydrogen) atoms. The third-order valence-corrected chi connectivity index (χ3v) is 5.67. The van der Waals surface area contributed by atoms with Crippen LogP contribution < -0.4 is 0 Å². The summed E-state index contributed by atoms with van der Waals surface area (Å²) < 4.78 is 29.4. The Balaban J connectivity index is 1.98. The van der Waals surface area contributed by atoms with Crippen molar-refractivity contribution in [3.63, 3.8) is 0 Å². The lowest BCUT2D eigenvalue weighted by Crippen LogP contribution is -1.99. The summed E-state index contributed by atoms with van der Waals surface area (Å²) in [6, 6.07) is 14.7. The smallest absolute Gasteiger partial charge is 0.328 e. The van der Waals surface area contributed by atoms with Gasteiger partial charge in [-0.05, 0) is 64.6 Å². The van der Waals surface area contributed by atoms with Crippen LogP contribution in [0.25, 0.3) is 28.1 Å². The SMILES string of the molecule is CCC(=C(c1ccc(C=CC(=O)O)cc1)c1ccc2[nH]ncc2c1F)c1ccc(F)cc1Cl. The molecule has 0 fully saturated rings. The normalized spacial score (nSPS) is 12.4. The molecule has 4 aromatic rings. The molecule has 0 unspecified atom stereocenters. The molecule has 0 atom stereocenters. The number of carbonyl (C=O) groups is 1. The van der Waals surface area contributed by atoms with E-state index >= 15 is 4.39 Å². The Morgan fingerprint density at radius 2 is 1.82 bits per heavy atom. The van der Waals surface area contributed by atoms with Gasteiger partial charge in [0, 0.05) is 11.6 Å². The van der Waals surface area contributed by atoms with E-state index in [0.717, 1.165) is 11.6 Å². The van der Waals surface area contributed by atoms with Crippen molar-refractivity contribution in [3.8, 4) is 0 Å². The third-order valence-electron chi connectivity index (χ3n) is 5.36. The molecular formula is C26H19ClF2N2O2. The summed E-state index contributed by atoms with van der Waals surface area (Å²) >= 11 is 6.39. The number of carboxylic acid groups (broad SMARTS) is 1. The Morgan fingerprint density at radius 1 is 1.09 bits per heavy atom. The standard InChI is InChI=1S/C26H19ClF2N2O2/c1-2-18(19-9-8-17(28)13-22(19)27)25(16-6-3-15(4-7-16)5-12-24(32)33)20-10-11-23-21(26(20)29)14-30-31-23/h3-14H,2H2,1H3,(H,30,31)(H,32,33). The molecule has 4 nitrogen and oxygen atoms in total. The summed E-state index contributed by atoms with van der Waals surface area (Å²) in [6.45, 7) is 1.92. The number of aromatic nitrogens is 2. The zero-order valence-corrected chi connectivity index (χ0v) is 18.3. The van der Waals surface area contributed by atoms with Gasteiger partial charge in [0.1, 0.15) is 11.6 Å². The molecule has 0 aliphatic carbocycles. The van der Waals surface area contributed by atoms with Crippen LogP contribution >= 0.6 is 11.6 Å². The van der Waals surface area contributed by atoms with Gasteiger partial charge in [-0.15, -0.1) is 0 Å². The van der Waals surface area contributed by atoms with Gasteiger partial charge in [0.25, 0.3) is 0 Å². The van der Waals surface area contributed by atoms with Crippen LogP contribution in [0.4, 0.5) is 8.78 Å². The zero-order valence-electron chi connectivity index (χ0n) is 17.6. The third kappa shape index (κ3) is 4.56. The molecule has 0 radical (unpaired) electrons. The number of aliphatic carboxylic acids is 1. The fourth-order valence-electron chi connectivity index (χ4n) is 3.83. The van der Waals surface area contributed by atoms with E-state index in [4.69, 9.17) is 16.7 Å². The van der Waals surface area contributed by atoms with Crippen LogP contribution in [0, 0.1) is 11.6 Å². The second-order valence-electron chi connectivity index (χ2n) is 7.38. The quantitative estimate of drug-likeness (QED) is 0.239. The van der Waals surface area contributed by atoms with E-state index in [0.29, 0.717) is 45.2 Å². The minimum absolute atomic E-state index is 0.232. The van der Waals surface area contributed by atoms with Crippen LogP contribution in [0.1, 0.15) is 35.6 Å². The van der Waals surface area contributed by atoms with E-state index in [1.165, 1.54) is 24.4 Å². The van der Waals surface area contributed by atoms with E-state index < -0.39 is 17.6 Å². The highest BCUT2D eigenvalue weighted by Gasteiger charge is 2.20. The number of aromatic amines is 1. The van der Waals surface area contributed by atoms with Crippen molar-refractivity contribution < 1.29 is 18.7 Å². The van der Waals surface area contributed by atoms with E-state index in [1.807, 2.05) is 6.92 Å². The maximum Gasteiger partial charge on any atom is 0.328 e. The van der Waals surface area contributed by atoms with Gasteiger partial charge in [0.05, 0.1) is 22.1 Å². The van der Waals surface area contributed by atoms with Crippen molar-refractivity contribution in [2.45, 2.75) is 13.3 Å². The van der Waals surface area contributed by atoms with Gasteiger partial charge in [-0.2, -0.15) is 5.10 Å². The van der Waals surface area contributed by atoms with Crippen molar-refractivity contribution >= 4 is 45.7 Å². The number of hydrogen-bond acceptors (Lipinski definition) is 2. The summed E-state index contributed by atoms with van der Waals surface area (Å²) in [5, 5.41) is 16.1. The lowest BCUT2D eigenvalue weighted by molar-refractivity contribution is -0.131. The van der Waals surface area contributed by atoms with Gasteiger partial charge in [-0.3, -0.25) is 5.10 Å². The predicted octanol–water partition coefficient (Wildman–Crippen LogP) is 6.96. The molecule has 0 saturated heterocycles. The van der Waals surface area contributed by atoms with E-state index in [-0.39, 0.29) is 5.02 Å². The molecule has 0 saturated carbocycles. The summed E-state index contributed by atoms with van der Waals surface area (Å²) in [7, 11) is 0. The zero-order chi connectivity index (χ0) is 23.5.